The molecule has 2 aromatic rings. The molecule has 0 aliphatic heterocycles. The van der Waals surface area contributed by atoms with Crippen molar-refractivity contribution in [1.82, 2.24) is 4.98 Å². The molecular weight excluding hydrogens is 174 g/mol. The van der Waals surface area contributed by atoms with Crippen LogP contribution in [-0.4, -0.2) is 16.2 Å². The van der Waals surface area contributed by atoms with Gasteiger partial charge in [-0.05, 0) is 6.07 Å². The molecule has 0 aliphatic rings. The van der Waals surface area contributed by atoms with Crippen molar-refractivity contribution in [1.29, 1.82) is 0 Å². The number of hydrogen-bond acceptors (Lipinski definition) is 4. The molecule has 0 saturated heterocycles. The summed E-state index contributed by atoms with van der Waals surface area (Å²) in [6.45, 7) is 0. The van der Waals surface area contributed by atoms with Gasteiger partial charge in [0, 0.05) is 17.6 Å². The highest BCUT2D eigenvalue weighted by Gasteiger charge is 2.07. The topological polar surface area (TPSA) is 72.6 Å². The van der Waals surface area contributed by atoms with E-state index in [4.69, 9.17) is 9.52 Å². The number of aromatic nitrogens is 1. The third-order valence-corrected chi connectivity index (χ3v) is 1.49. The Morgan fingerprint density at radius 2 is 2.46 bits per heavy atom. The van der Waals surface area contributed by atoms with Crippen LogP contribution in [0.3, 0.4) is 0 Å². The maximum absolute atomic E-state index is 10.1. The smallest absolute Gasteiger partial charge is 0.449 e. The summed E-state index contributed by atoms with van der Waals surface area (Å²) in [5.74, 6) is -0.0458. The number of carbonyl (C=O) groups is 1. The predicted octanol–water partition coefficient (Wildman–Crippen LogP) is 1.88. The van der Waals surface area contributed by atoms with Gasteiger partial charge in [0.25, 0.3) is 5.95 Å². The molecule has 0 bridgehead atoms. The van der Waals surface area contributed by atoms with Crippen molar-refractivity contribution in [3.8, 4) is 5.95 Å². The van der Waals surface area contributed by atoms with Gasteiger partial charge in [-0.3, -0.25) is 4.98 Å². The Morgan fingerprint density at radius 1 is 1.62 bits per heavy atom. The SMILES string of the molecule is O=C(O)Oc1cc2ccncc2o1. The Morgan fingerprint density at radius 3 is 3.15 bits per heavy atom. The fourth-order valence-corrected chi connectivity index (χ4v) is 0.996. The number of rotatable bonds is 1. The van der Waals surface area contributed by atoms with Gasteiger partial charge in [0.2, 0.25) is 0 Å². The number of ether oxygens (including phenoxy) is 1. The minimum atomic E-state index is -1.40. The summed E-state index contributed by atoms with van der Waals surface area (Å²) < 4.78 is 9.33. The van der Waals surface area contributed by atoms with Gasteiger partial charge in [-0.2, -0.15) is 0 Å². The van der Waals surface area contributed by atoms with Crippen molar-refractivity contribution >= 4 is 17.1 Å². The second kappa shape index (κ2) is 2.78. The maximum atomic E-state index is 10.1. The number of pyridine rings is 1. The monoisotopic (exact) mass is 179 g/mol. The highest BCUT2D eigenvalue weighted by atomic mass is 16.7. The molecule has 0 atom stereocenters. The fourth-order valence-electron chi connectivity index (χ4n) is 0.996. The van der Waals surface area contributed by atoms with Crippen LogP contribution >= 0.6 is 0 Å². The molecule has 0 radical (unpaired) electrons. The van der Waals surface area contributed by atoms with Crippen molar-refractivity contribution in [2.45, 2.75) is 0 Å². The molecule has 0 aromatic carbocycles. The van der Waals surface area contributed by atoms with E-state index in [9.17, 15) is 4.79 Å². The van der Waals surface area contributed by atoms with Gasteiger partial charge in [-0.1, -0.05) is 0 Å². The van der Waals surface area contributed by atoms with E-state index in [1.807, 2.05) is 0 Å². The maximum Gasteiger partial charge on any atom is 0.513 e. The predicted molar refractivity (Wildman–Crippen MR) is 42.7 cm³/mol. The van der Waals surface area contributed by atoms with Gasteiger partial charge in [0.1, 0.15) is 0 Å². The second-order valence-electron chi connectivity index (χ2n) is 2.35. The molecule has 5 heteroatoms. The van der Waals surface area contributed by atoms with Crippen molar-refractivity contribution in [2.75, 3.05) is 0 Å². The molecule has 0 saturated carbocycles. The highest BCUT2D eigenvalue weighted by Crippen LogP contribution is 2.23. The van der Waals surface area contributed by atoms with Crippen LogP contribution < -0.4 is 4.74 Å². The van der Waals surface area contributed by atoms with E-state index in [-0.39, 0.29) is 5.95 Å². The molecule has 1 N–H and O–H groups in total. The molecular formula is C8H5NO4. The Kier molecular flexibility index (Phi) is 1.63. The van der Waals surface area contributed by atoms with Gasteiger partial charge in [0.15, 0.2) is 5.58 Å². The average Bonchev–Trinajstić information content (AvgIpc) is 2.44. The van der Waals surface area contributed by atoms with E-state index in [0.717, 1.165) is 5.39 Å². The van der Waals surface area contributed by atoms with E-state index in [0.29, 0.717) is 5.58 Å². The first-order valence-electron chi connectivity index (χ1n) is 3.50. The van der Waals surface area contributed by atoms with Gasteiger partial charge < -0.3 is 14.3 Å². The van der Waals surface area contributed by atoms with Crippen molar-refractivity contribution in [2.24, 2.45) is 0 Å². The van der Waals surface area contributed by atoms with E-state index in [1.54, 1.807) is 12.3 Å². The van der Waals surface area contributed by atoms with Crippen LogP contribution in [0.1, 0.15) is 0 Å². The first kappa shape index (κ1) is 7.60. The summed E-state index contributed by atoms with van der Waals surface area (Å²) in [6.07, 6.45) is 1.68. The van der Waals surface area contributed by atoms with Crippen LogP contribution in [0.5, 0.6) is 5.95 Å². The van der Waals surface area contributed by atoms with Crippen LogP contribution in [0.25, 0.3) is 11.0 Å². The first-order chi connectivity index (χ1) is 6.25. The molecule has 0 spiro atoms. The Hall–Kier alpha value is -2.04. The third-order valence-electron chi connectivity index (χ3n) is 1.49. The molecule has 13 heavy (non-hydrogen) atoms. The zero-order chi connectivity index (χ0) is 9.26. The molecule has 0 fully saturated rings. The number of fused-ring (bicyclic) bond motifs is 1. The van der Waals surface area contributed by atoms with Crippen molar-refractivity contribution in [3.63, 3.8) is 0 Å². The quantitative estimate of drug-likeness (QED) is 0.676. The summed E-state index contributed by atoms with van der Waals surface area (Å²) in [5.41, 5.74) is 0.499. The van der Waals surface area contributed by atoms with Gasteiger partial charge in [-0.25, -0.2) is 4.79 Å². The zero-order valence-corrected chi connectivity index (χ0v) is 6.43. The first-order valence-corrected chi connectivity index (χ1v) is 3.50. The summed E-state index contributed by atoms with van der Waals surface area (Å²) in [6, 6.07) is 3.19. The number of carboxylic acid groups (broad SMARTS) is 1. The molecule has 66 valence electrons. The Balaban J connectivity index is 2.44. The normalized spacial score (nSPS) is 10.2. The summed E-state index contributed by atoms with van der Waals surface area (Å²) in [4.78, 5) is 14.0. The van der Waals surface area contributed by atoms with Crippen LogP contribution in [0.2, 0.25) is 0 Å². The lowest BCUT2D eigenvalue weighted by Gasteiger charge is -1.89. The molecule has 2 aromatic heterocycles. The Labute approximate surface area is 72.6 Å². The minimum Gasteiger partial charge on any atom is -0.449 e. The number of nitrogens with zero attached hydrogens (tertiary/aromatic N) is 1. The average molecular weight is 179 g/mol. The van der Waals surface area contributed by atoms with Gasteiger partial charge in [-0.15, -0.1) is 0 Å². The van der Waals surface area contributed by atoms with Gasteiger partial charge in [0.05, 0.1) is 6.20 Å². The zero-order valence-electron chi connectivity index (χ0n) is 6.43. The summed E-state index contributed by atoms with van der Waals surface area (Å²) in [5, 5.41) is 9.05. The Bertz CT molecular complexity index is 415. The molecule has 2 heterocycles. The van der Waals surface area contributed by atoms with Crippen LogP contribution in [-0.2, 0) is 0 Å². The molecule has 0 unspecified atom stereocenters. The van der Waals surface area contributed by atoms with E-state index >= 15 is 0 Å². The lowest BCUT2D eigenvalue weighted by atomic mass is 10.3. The second-order valence-corrected chi connectivity index (χ2v) is 2.35. The lowest BCUT2D eigenvalue weighted by Crippen LogP contribution is -2.01. The van der Waals surface area contributed by atoms with E-state index in [1.165, 1.54) is 12.3 Å². The van der Waals surface area contributed by atoms with E-state index < -0.39 is 6.16 Å². The summed E-state index contributed by atoms with van der Waals surface area (Å²) in [7, 11) is 0. The minimum absolute atomic E-state index is 0.0458. The fraction of sp³-hybridized carbons (Fsp3) is 0. The van der Waals surface area contributed by atoms with Crippen molar-refractivity contribution in [3.05, 3.63) is 24.5 Å². The van der Waals surface area contributed by atoms with Crippen LogP contribution in [0, 0.1) is 0 Å². The largest absolute Gasteiger partial charge is 0.513 e. The third kappa shape index (κ3) is 1.44. The number of furan rings is 1. The standard InChI is InChI=1S/C8H5NO4/c10-8(11)13-7-3-5-1-2-9-4-6(5)12-7/h1-4H,(H,10,11). The summed E-state index contributed by atoms with van der Waals surface area (Å²) >= 11 is 0. The van der Waals surface area contributed by atoms with E-state index in [2.05, 4.69) is 9.72 Å². The molecule has 0 amide bonds. The van der Waals surface area contributed by atoms with Gasteiger partial charge >= 0.3 is 6.16 Å². The number of hydrogen-bond donors (Lipinski definition) is 1. The molecule has 2 rings (SSSR count). The lowest BCUT2D eigenvalue weighted by molar-refractivity contribution is 0.134. The molecule has 0 aliphatic carbocycles. The van der Waals surface area contributed by atoms with Crippen LogP contribution in [0.15, 0.2) is 28.9 Å². The van der Waals surface area contributed by atoms with Crippen LogP contribution in [0.4, 0.5) is 4.79 Å². The molecule has 5 nitrogen and oxygen atoms in total. The van der Waals surface area contributed by atoms with Crippen molar-refractivity contribution < 1.29 is 19.1 Å². The highest BCUT2D eigenvalue weighted by molar-refractivity contribution is 5.78.